The SMILES string of the molecule is COC(=O)c1c(C)c(-c2ccc(C)cc2)c2cccc(C)n12. The van der Waals surface area contributed by atoms with Crippen LogP contribution in [-0.2, 0) is 4.74 Å². The number of rotatable bonds is 2. The molecule has 0 saturated carbocycles. The zero-order valence-electron chi connectivity index (χ0n) is 13.3. The summed E-state index contributed by atoms with van der Waals surface area (Å²) in [4.78, 5) is 12.3. The van der Waals surface area contributed by atoms with Crippen molar-refractivity contribution < 1.29 is 9.53 Å². The lowest BCUT2D eigenvalue weighted by Crippen LogP contribution is -2.08. The van der Waals surface area contributed by atoms with Crippen molar-refractivity contribution in [2.45, 2.75) is 20.8 Å². The second kappa shape index (κ2) is 5.34. The Morgan fingerprint density at radius 3 is 2.32 bits per heavy atom. The minimum Gasteiger partial charge on any atom is -0.464 e. The molecular formula is C19H19NO2. The summed E-state index contributed by atoms with van der Waals surface area (Å²) in [6.45, 7) is 6.05. The molecule has 0 aliphatic carbocycles. The number of nitrogens with zero attached hydrogens (tertiary/aromatic N) is 1. The van der Waals surface area contributed by atoms with Crippen LogP contribution in [0.15, 0.2) is 42.5 Å². The standard InChI is InChI=1S/C19H19NO2/c1-12-8-10-15(11-9-12)17-14(3)18(19(21)22-4)20-13(2)6-5-7-16(17)20/h5-11H,1-4H3. The van der Waals surface area contributed by atoms with Crippen LogP contribution in [0.1, 0.15) is 27.3 Å². The first-order valence-corrected chi connectivity index (χ1v) is 7.30. The lowest BCUT2D eigenvalue weighted by molar-refractivity contribution is 0.0592. The minimum atomic E-state index is -0.305. The highest BCUT2D eigenvalue weighted by atomic mass is 16.5. The van der Waals surface area contributed by atoms with Gasteiger partial charge in [-0.3, -0.25) is 0 Å². The van der Waals surface area contributed by atoms with Crippen LogP contribution in [0.2, 0.25) is 0 Å². The highest BCUT2D eigenvalue weighted by Gasteiger charge is 2.22. The molecule has 3 aromatic rings. The molecule has 0 aliphatic heterocycles. The molecule has 0 unspecified atom stereocenters. The summed E-state index contributed by atoms with van der Waals surface area (Å²) in [5.74, 6) is -0.305. The second-order valence-electron chi connectivity index (χ2n) is 5.59. The van der Waals surface area contributed by atoms with Crippen molar-refractivity contribution in [1.29, 1.82) is 0 Å². The van der Waals surface area contributed by atoms with Gasteiger partial charge in [-0.15, -0.1) is 0 Å². The van der Waals surface area contributed by atoms with Crippen LogP contribution in [-0.4, -0.2) is 17.5 Å². The first kappa shape index (κ1) is 14.4. The third kappa shape index (κ3) is 2.10. The number of benzene rings is 1. The average Bonchev–Trinajstić information content (AvgIpc) is 2.81. The van der Waals surface area contributed by atoms with Gasteiger partial charge in [-0.05, 0) is 44.0 Å². The minimum absolute atomic E-state index is 0.305. The third-order valence-corrected chi connectivity index (χ3v) is 4.11. The Hall–Kier alpha value is -2.55. The van der Waals surface area contributed by atoms with Crippen molar-refractivity contribution in [2.75, 3.05) is 7.11 Å². The molecule has 0 radical (unpaired) electrons. The zero-order chi connectivity index (χ0) is 15.9. The molecular weight excluding hydrogens is 274 g/mol. The lowest BCUT2D eigenvalue weighted by Gasteiger charge is -2.05. The van der Waals surface area contributed by atoms with Gasteiger partial charge in [0.25, 0.3) is 0 Å². The molecule has 3 heteroatoms. The number of fused-ring (bicyclic) bond motifs is 1. The van der Waals surface area contributed by atoms with E-state index in [1.165, 1.54) is 12.7 Å². The van der Waals surface area contributed by atoms with Gasteiger partial charge in [-0.1, -0.05) is 35.9 Å². The molecule has 0 bridgehead atoms. The number of aromatic nitrogens is 1. The summed E-state index contributed by atoms with van der Waals surface area (Å²) in [6, 6.07) is 14.4. The van der Waals surface area contributed by atoms with Gasteiger partial charge in [0.2, 0.25) is 0 Å². The number of esters is 1. The van der Waals surface area contributed by atoms with Crippen molar-refractivity contribution in [2.24, 2.45) is 0 Å². The summed E-state index contributed by atoms with van der Waals surface area (Å²) < 4.78 is 6.97. The number of carbonyl (C=O) groups excluding carboxylic acids is 1. The van der Waals surface area contributed by atoms with Crippen molar-refractivity contribution in [3.8, 4) is 11.1 Å². The number of ether oxygens (including phenoxy) is 1. The van der Waals surface area contributed by atoms with E-state index in [9.17, 15) is 4.79 Å². The fourth-order valence-electron chi connectivity index (χ4n) is 3.01. The van der Waals surface area contributed by atoms with Crippen LogP contribution in [0.25, 0.3) is 16.6 Å². The van der Waals surface area contributed by atoms with Crippen LogP contribution in [0, 0.1) is 20.8 Å². The maximum Gasteiger partial charge on any atom is 0.355 e. The van der Waals surface area contributed by atoms with E-state index in [0.29, 0.717) is 5.69 Å². The Bertz CT molecular complexity index is 857. The number of carbonyl (C=O) groups is 1. The van der Waals surface area contributed by atoms with Crippen molar-refractivity contribution in [3.05, 3.63) is 65.0 Å². The fraction of sp³-hybridized carbons (Fsp3) is 0.211. The number of hydrogen-bond donors (Lipinski definition) is 0. The molecule has 0 saturated heterocycles. The van der Waals surface area contributed by atoms with Gasteiger partial charge in [0.05, 0.1) is 12.6 Å². The summed E-state index contributed by atoms with van der Waals surface area (Å²) in [5.41, 5.74) is 7.01. The predicted octanol–water partition coefficient (Wildman–Crippen LogP) is 4.32. The molecule has 0 spiro atoms. The first-order valence-electron chi connectivity index (χ1n) is 7.30. The Kier molecular flexibility index (Phi) is 3.49. The molecule has 3 nitrogen and oxygen atoms in total. The van der Waals surface area contributed by atoms with Crippen molar-refractivity contribution in [1.82, 2.24) is 4.40 Å². The van der Waals surface area contributed by atoms with Crippen molar-refractivity contribution in [3.63, 3.8) is 0 Å². The van der Waals surface area contributed by atoms with E-state index >= 15 is 0 Å². The molecule has 0 atom stereocenters. The maximum absolute atomic E-state index is 12.3. The average molecular weight is 293 g/mol. The van der Waals surface area contributed by atoms with Crippen molar-refractivity contribution >= 4 is 11.5 Å². The Morgan fingerprint density at radius 2 is 1.68 bits per heavy atom. The number of pyridine rings is 1. The largest absolute Gasteiger partial charge is 0.464 e. The molecule has 112 valence electrons. The Morgan fingerprint density at radius 1 is 1.00 bits per heavy atom. The van der Waals surface area contributed by atoms with Crippen LogP contribution in [0.3, 0.4) is 0 Å². The van der Waals surface area contributed by atoms with Gasteiger partial charge < -0.3 is 9.14 Å². The Labute approximate surface area is 130 Å². The molecule has 3 rings (SSSR count). The van der Waals surface area contributed by atoms with E-state index in [1.54, 1.807) is 0 Å². The predicted molar refractivity (Wildman–Crippen MR) is 88.4 cm³/mol. The van der Waals surface area contributed by atoms with E-state index in [1.807, 2.05) is 36.4 Å². The van der Waals surface area contributed by atoms with Gasteiger partial charge in [0.1, 0.15) is 5.69 Å². The topological polar surface area (TPSA) is 30.7 Å². The molecule has 0 fully saturated rings. The summed E-state index contributed by atoms with van der Waals surface area (Å²) in [7, 11) is 1.42. The number of methoxy groups -OCH3 is 1. The molecule has 0 amide bonds. The quantitative estimate of drug-likeness (QED) is 0.659. The summed E-state index contributed by atoms with van der Waals surface area (Å²) in [5, 5.41) is 0. The smallest absolute Gasteiger partial charge is 0.355 e. The third-order valence-electron chi connectivity index (χ3n) is 4.11. The van der Waals surface area contributed by atoms with Crippen LogP contribution >= 0.6 is 0 Å². The zero-order valence-corrected chi connectivity index (χ0v) is 13.3. The monoisotopic (exact) mass is 293 g/mol. The van der Waals surface area contributed by atoms with Gasteiger partial charge in [-0.2, -0.15) is 0 Å². The Balaban J connectivity index is 2.40. The molecule has 1 aromatic carbocycles. The van der Waals surface area contributed by atoms with E-state index < -0.39 is 0 Å². The lowest BCUT2D eigenvalue weighted by atomic mass is 10.0. The van der Waals surface area contributed by atoms with Gasteiger partial charge in [0.15, 0.2) is 0 Å². The molecule has 22 heavy (non-hydrogen) atoms. The molecule has 2 aromatic heterocycles. The number of aryl methyl sites for hydroxylation is 2. The highest BCUT2D eigenvalue weighted by molar-refractivity contribution is 5.98. The first-order chi connectivity index (χ1) is 10.5. The van der Waals surface area contributed by atoms with Gasteiger partial charge in [0, 0.05) is 11.3 Å². The summed E-state index contributed by atoms with van der Waals surface area (Å²) >= 11 is 0. The van der Waals surface area contributed by atoms with Gasteiger partial charge in [-0.25, -0.2) is 4.79 Å². The van der Waals surface area contributed by atoms with E-state index in [0.717, 1.165) is 27.9 Å². The summed E-state index contributed by atoms with van der Waals surface area (Å²) in [6.07, 6.45) is 0. The van der Waals surface area contributed by atoms with Gasteiger partial charge >= 0.3 is 5.97 Å². The molecule has 2 heterocycles. The van der Waals surface area contributed by atoms with Crippen LogP contribution in [0.4, 0.5) is 0 Å². The second-order valence-corrected chi connectivity index (χ2v) is 5.59. The fourth-order valence-corrected chi connectivity index (χ4v) is 3.01. The normalized spacial score (nSPS) is 10.9. The maximum atomic E-state index is 12.3. The van der Waals surface area contributed by atoms with E-state index in [-0.39, 0.29) is 5.97 Å². The number of hydrogen-bond acceptors (Lipinski definition) is 2. The molecule has 0 N–H and O–H groups in total. The van der Waals surface area contributed by atoms with E-state index in [4.69, 9.17) is 4.74 Å². The molecule has 0 aliphatic rings. The van der Waals surface area contributed by atoms with E-state index in [2.05, 4.69) is 31.2 Å². The van der Waals surface area contributed by atoms with Crippen LogP contribution in [0.5, 0.6) is 0 Å². The highest BCUT2D eigenvalue weighted by Crippen LogP contribution is 2.34. The van der Waals surface area contributed by atoms with Crippen LogP contribution < -0.4 is 0 Å².